The third-order valence-electron chi connectivity index (χ3n) is 2.80. The van der Waals surface area contributed by atoms with Gasteiger partial charge in [0.1, 0.15) is 5.75 Å². The molecule has 18 heavy (non-hydrogen) atoms. The van der Waals surface area contributed by atoms with Crippen molar-refractivity contribution in [3.05, 3.63) is 23.8 Å². The first-order valence-electron chi connectivity index (χ1n) is 6.58. The molecule has 0 spiro atoms. The Morgan fingerprint density at radius 3 is 2.56 bits per heavy atom. The average molecular weight is 250 g/mol. The lowest BCUT2D eigenvalue weighted by Gasteiger charge is -2.15. The van der Waals surface area contributed by atoms with Crippen molar-refractivity contribution in [2.75, 3.05) is 33.1 Å². The predicted octanol–water partition coefficient (Wildman–Crippen LogP) is 3.21. The summed E-state index contributed by atoms with van der Waals surface area (Å²) in [6, 6.07) is 6.34. The maximum atomic E-state index is 5.39. The normalized spacial score (nSPS) is 11.1. The van der Waals surface area contributed by atoms with Gasteiger partial charge in [0.2, 0.25) is 0 Å². The molecule has 0 aliphatic carbocycles. The van der Waals surface area contributed by atoms with E-state index >= 15 is 0 Å². The molecule has 1 aromatic rings. The Kier molecular flexibility index (Phi) is 5.99. The van der Waals surface area contributed by atoms with Gasteiger partial charge in [0.15, 0.2) is 0 Å². The highest BCUT2D eigenvalue weighted by molar-refractivity contribution is 5.58. The van der Waals surface area contributed by atoms with Gasteiger partial charge in [0, 0.05) is 13.1 Å². The molecule has 0 saturated heterocycles. The summed E-state index contributed by atoms with van der Waals surface area (Å²) in [5.41, 5.74) is 2.39. The Morgan fingerprint density at radius 1 is 1.28 bits per heavy atom. The molecule has 102 valence electrons. The molecule has 0 heterocycles. The van der Waals surface area contributed by atoms with Crippen molar-refractivity contribution < 1.29 is 4.74 Å². The number of benzene rings is 1. The van der Waals surface area contributed by atoms with Crippen molar-refractivity contribution in [3.8, 4) is 5.75 Å². The highest BCUT2D eigenvalue weighted by atomic mass is 16.5. The van der Waals surface area contributed by atoms with Gasteiger partial charge >= 0.3 is 0 Å². The maximum absolute atomic E-state index is 5.39. The molecule has 0 aliphatic rings. The quantitative estimate of drug-likeness (QED) is 0.804. The third-order valence-corrected chi connectivity index (χ3v) is 2.80. The molecule has 0 amide bonds. The molecule has 0 aromatic heterocycles. The summed E-state index contributed by atoms with van der Waals surface area (Å²) < 4.78 is 5.39. The topological polar surface area (TPSA) is 24.5 Å². The minimum Gasteiger partial charge on any atom is -0.495 e. The van der Waals surface area contributed by atoms with Crippen LogP contribution < -0.4 is 10.1 Å². The summed E-state index contributed by atoms with van der Waals surface area (Å²) in [6.07, 6.45) is 1.17. The van der Waals surface area contributed by atoms with Crippen molar-refractivity contribution in [1.82, 2.24) is 4.90 Å². The smallest absolute Gasteiger partial charge is 0.141 e. The van der Waals surface area contributed by atoms with Crippen molar-refractivity contribution in [3.63, 3.8) is 0 Å². The van der Waals surface area contributed by atoms with Gasteiger partial charge in [-0.3, -0.25) is 0 Å². The Balaban J connectivity index is 2.72. The Labute approximate surface area is 111 Å². The first kappa shape index (κ1) is 14.8. The van der Waals surface area contributed by atoms with Crippen molar-refractivity contribution in [2.24, 2.45) is 5.92 Å². The number of methoxy groups -OCH3 is 1. The monoisotopic (exact) mass is 250 g/mol. The van der Waals surface area contributed by atoms with E-state index in [0.29, 0.717) is 5.92 Å². The van der Waals surface area contributed by atoms with Crippen molar-refractivity contribution >= 4 is 5.69 Å². The predicted molar refractivity (Wildman–Crippen MR) is 78.3 cm³/mol. The zero-order chi connectivity index (χ0) is 13.5. The van der Waals surface area contributed by atoms with Crippen LogP contribution in [0, 0.1) is 5.92 Å². The second-order valence-corrected chi connectivity index (χ2v) is 5.38. The van der Waals surface area contributed by atoms with Gasteiger partial charge in [-0.15, -0.1) is 0 Å². The van der Waals surface area contributed by atoms with Crippen LogP contribution in [0.25, 0.3) is 0 Å². The van der Waals surface area contributed by atoms with Crippen molar-refractivity contribution in [1.29, 1.82) is 0 Å². The van der Waals surface area contributed by atoms with E-state index in [4.69, 9.17) is 4.74 Å². The van der Waals surface area contributed by atoms with Gasteiger partial charge in [0.05, 0.1) is 12.8 Å². The fraction of sp³-hybridized carbons (Fsp3) is 0.600. The number of nitrogens with zero attached hydrogens (tertiary/aromatic N) is 1. The zero-order valence-electron chi connectivity index (χ0n) is 12.3. The van der Waals surface area contributed by atoms with Gasteiger partial charge in [-0.1, -0.05) is 19.9 Å². The van der Waals surface area contributed by atoms with Crippen LogP contribution in [0.4, 0.5) is 5.69 Å². The summed E-state index contributed by atoms with van der Waals surface area (Å²) in [7, 11) is 5.88. The number of rotatable bonds is 7. The maximum Gasteiger partial charge on any atom is 0.141 e. The molecule has 3 nitrogen and oxygen atoms in total. The molecule has 0 fully saturated rings. The largest absolute Gasteiger partial charge is 0.495 e. The minimum absolute atomic E-state index is 0.716. The van der Waals surface area contributed by atoms with E-state index in [1.165, 1.54) is 12.0 Å². The lowest BCUT2D eigenvalue weighted by Crippen LogP contribution is -2.11. The minimum atomic E-state index is 0.716. The van der Waals surface area contributed by atoms with Gasteiger partial charge in [-0.2, -0.15) is 0 Å². The molecular formula is C15H26N2O. The van der Waals surface area contributed by atoms with Gasteiger partial charge < -0.3 is 15.0 Å². The van der Waals surface area contributed by atoms with E-state index < -0.39 is 0 Å². The molecule has 1 rings (SSSR count). The summed E-state index contributed by atoms with van der Waals surface area (Å²) in [5, 5.41) is 3.47. The lowest BCUT2D eigenvalue weighted by atomic mass is 10.1. The summed E-state index contributed by atoms with van der Waals surface area (Å²) in [6.45, 7) is 6.41. The Bertz CT molecular complexity index is 362. The molecule has 0 atom stereocenters. The van der Waals surface area contributed by atoms with Crippen molar-refractivity contribution in [2.45, 2.75) is 26.8 Å². The van der Waals surface area contributed by atoms with E-state index in [2.05, 4.69) is 50.3 Å². The second kappa shape index (κ2) is 7.27. The molecular weight excluding hydrogens is 224 g/mol. The lowest BCUT2D eigenvalue weighted by molar-refractivity contribution is 0.400. The molecule has 0 unspecified atom stereocenters. The fourth-order valence-corrected chi connectivity index (χ4v) is 1.85. The molecule has 0 saturated carbocycles. The van der Waals surface area contributed by atoms with Gasteiger partial charge in [0.25, 0.3) is 0 Å². The highest BCUT2D eigenvalue weighted by Gasteiger charge is 2.05. The van der Waals surface area contributed by atoms with Crippen LogP contribution in [-0.2, 0) is 6.54 Å². The standard InChI is InChI=1S/C15H26N2O/c1-12(2)8-9-16-14-10-13(11-17(3)4)6-7-15(14)18-5/h6-7,10,12,16H,8-9,11H2,1-5H3. The summed E-state index contributed by atoms with van der Waals surface area (Å²) in [4.78, 5) is 2.17. The number of hydrogen-bond acceptors (Lipinski definition) is 3. The molecule has 0 radical (unpaired) electrons. The van der Waals surface area contributed by atoms with E-state index in [0.717, 1.165) is 24.5 Å². The third kappa shape index (κ3) is 4.96. The SMILES string of the molecule is COc1ccc(CN(C)C)cc1NCCC(C)C. The van der Waals surface area contributed by atoms with E-state index in [1.807, 2.05) is 6.07 Å². The summed E-state index contributed by atoms with van der Waals surface area (Å²) >= 11 is 0. The number of nitrogens with one attached hydrogen (secondary N) is 1. The van der Waals surface area contributed by atoms with Gasteiger partial charge in [-0.05, 0) is 44.1 Å². The first-order chi connectivity index (χ1) is 8.52. The Morgan fingerprint density at radius 2 is 2.00 bits per heavy atom. The first-order valence-corrected chi connectivity index (χ1v) is 6.58. The Hall–Kier alpha value is -1.22. The average Bonchev–Trinajstić information content (AvgIpc) is 2.28. The van der Waals surface area contributed by atoms with Crippen LogP contribution in [0.5, 0.6) is 5.75 Å². The number of ether oxygens (including phenoxy) is 1. The van der Waals surface area contributed by atoms with Crippen LogP contribution >= 0.6 is 0 Å². The fourth-order valence-electron chi connectivity index (χ4n) is 1.85. The molecule has 0 bridgehead atoms. The van der Waals surface area contributed by atoms with E-state index in [9.17, 15) is 0 Å². The highest BCUT2D eigenvalue weighted by Crippen LogP contribution is 2.26. The van der Waals surface area contributed by atoms with Crippen LogP contribution in [-0.4, -0.2) is 32.6 Å². The molecule has 1 aromatic carbocycles. The van der Waals surface area contributed by atoms with Crippen LogP contribution in [0.2, 0.25) is 0 Å². The summed E-state index contributed by atoms with van der Waals surface area (Å²) in [5.74, 6) is 1.63. The van der Waals surface area contributed by atoms with E-state index in [-0.39, 0.29) is 0 Å². The number of anilines is 1. The zero-order valence-corrected chi connectivity index (χ0v) is 12.3. The number of hydrogen-bond donors (Lipinski definition) is 1. The van der Waals surface area contributed by atoms with Crippen LogP contribution in [0.1, 0.15) is 25.8 Å². The van der Waals surface area contributed by atoms with Crippen LogP contribution in [0.15, 0.2) is 18.2 Å². The second-order valence-electron chi connectivity index (χ2n) is 5.38. The van der Waals surface area contributed by atoms with Gasteiger partial charge in [-0.25, -0.2) is 0 Å². The molecule has 1 N–H and O–H groups in total. The van der Waals surface area contributed by atoms with Crippen LogP contribution in [0.3, 0.4) is 0 Å². The molecule has 3 heteroatoms. The van der Waals surface area contributed by atoms with E-state index in [1.54, 1.807) is 7.11 Å². The molecule has 0 aliphatic heterocycles.